The van der Waals surface area contributed by atoms with Crippen molar-refractivity contribution in [1.82, 2.24) is 20.1 Å². The summed E-state index contributed by atoms with van der Waals surface area (Å²) in [7, 11) is 0. The van der Waals surface area contributed by atoms with Gasteiger partial charge in [0.25, 0.3) is 5.91 Å². The van der Waals surface area contributed by atoms with Gasteiger partial charge in [-0.05, 0) is 35.4 Å². The zero-order chi connectivity index (χ0) is 21.5. The second-order valence-electron chi connectivity index (χ2n) is 7.46. The second-order valence-corrected chi connectivity index (χ2v) is 7.46. The average Bonchev–Trinajstić information content (AvgIpc) is 3.14. The lowest BCUT2D eigenvalue weighted by molar-refractivity contribution is 0.0958. The first-order valence-electron chi connectivity index (χ1n) is 9.89. The lowest BCUT2D eigenvalue weighted by atomic mass is 9.77. The predicted molar refractivity (Wildman–Crippen MR) is 109 cm³/mol. The van der Waals surface area contributed by atoms with Crippen LogP contribution in [0.25, 0.3) is 5.57 Å². The number of amides is 1. The van der Waals surface area contributed by atoms with Crippen LogP contribution in [-0.4, -0.2) is 38.9 Å². The number of benzene rings is 2. The number of aliphatic hydroxyl groups excluding tert-OH is 1. The highest BCUT2D eigenvalue weighted by atomic mass is 19.1. The smallest absolute Gasteiger partial charge is 0.252 e. The number of aromatic nitrogens is 3. The van der Waals surface area contributed by atoms with Crippen LogP contribution >= 0.6 is 0 Å². The third kappa shape index (κ3) is 3.27. The molecule has 0 aliphatic carbocycles. The third-order valence-corrected chi connectivity index (χ3v) is 5.66. The van der Waals surface area contributed by atoms with E-state index in [1.807, 2.05) is 6.08 Å². The van der Waals surface area contributed by atoms with Gasteiger partial charge in [0.15, 0.2) is 0 Å². The highest BCUT2D eigenvalue weighted by molar-refractivity contribution is 6.04. The summed E-state index contributed by atoms with van der Waals surface area (Å²) in [6.07, 6.45) is 3.31. The van der Waals surface area contributed by atoms with E-state index < -0.39 is 17.8 Å². The third-order valence-electron chi connectivity index (χ3n) is 5.66. The SMILES string of the molecule is O=C1NCC=C2c3c(cc(F)cc31)NC(c1ccc(F)cc1)C2c1ncnn1CCO. The standard InChI is InChI=1S/C22H19F2N5O2/c23-13-3-1-12(2-4-13)20-19(21-26-11-27-29(21)7-8-30)15-5-6-25-22(31)16-9-14(24)10-17(28-20)18(15)16/h1-5,9-11,19-20,28,30H,6-8H2,(H,25,31). The van der Waals surface area contributed by atoms with E-state index in [4.69, 9.17) is 0 Å². The van der Waals surface area contributed by atoms with Gasteiger partial charge in [-0.25, -0.2) is 18.4 Å². The number of anilines is 1. The molecule has 158 valence electrons. The molecule has 1 aromatic heterocycles. The summed E-state index contributed by atoms with van der Waals surface area (Å²) in [4.78, 5) is 17.1. The minimum absolute atomic E-state index is 0.121. The first-order chi connectivity index (χ1) is 15.1. The van der Waals surface area contributed by atoms with Gasteiger partial charge < -0.3 is 15.7 Å². The largest absolute Gasteiger partial charge is 0.394 e. The highest BCUT2D eigenvalue weighted by Gasteiger charge is 2.40. The number of aliphatic hydroxyl groups is 1. The summed E-state index contributed by atoms with van der Waals surface area (Å²) in [6, 6.07) is 8.22. The van der Waals surface area contributed by atoms with Gasteiger partial charge in [0, 0.05) is 17.8 Å². The number of carbonyl (C=O) groups excluding carboxylic acids is 1. The number of nitrogens with one attached hydrogen (secondary N) is 2. The second kappa shape index (κ2) is 7.59. The van der Waals surface area contributed by atoms with E-state index in [0.29, 0.717) is 17.1 Å². The zero-order valence-electron chi connectivity index (χ0n) is 16.3. The first-order valence-corrected chi connectivity index (χ1v) is 9.89. The van der Waals surface area contributed by atoms with Crippen molar-refractivity contribution in [3.05, 3.63) is 83.0 Å². The molecule has 0 saturated carbocycles. The molecule has 9 heteroatoms. The quantitative estimate of drug-likeness (QED) is 0.600. The van der Waals surface area contributed by atoms with Crippen molar-refractivity contribution in [2.24, 2.45) is 0 Å². The van der Waals surface area contributed by atoms with Gasteiger partial charge in [-0.3, -0.25) is 4.79 Å². The molecular formula is C22H19F2N5O2. The van der Waals surface area contributed by atoms with E-state index >= 15 is 0 Å². The molecule has 2 aliphatic rings. The van der Waals surface area contributed by atoms with Crippen LogP contribution in [0.1, 0.15) is 39.3 Å². The number of carbonyl (C=O) groups is 1. The molecule has 2 atom stereocenters. The molecule has 3 N–H and O–H groups in total. The fraction of sp³-hybridized carbons (Fsp3) is 0.227. The fourth-order valence-electron chi connectivity index (χ4n) is 4.39. The predicted octanol–water partition coefficient (Wildman–Crippen LogP) is 2.63. The molecule has 7 nitrogen and oxygen atoms in total. The summed E-state index contributed by atoms with van der Waals surface area (Å²) in [6.45, 7) is 0.393. The first kappa shape index (κ1) is 19.4. The minimum atomic E-state index is -0.530. The molecule has 3 heterocycles. The van der Waals surface area contributed by atoms with Gasteiger partial charge in [-0.1, -0.05) is 18.2 Å². The van der Waals surface area contributed by atoms with Gasteiger partial charge in [0.05, 0.1) is 30.7 Å². The van der Waals surface area contributed by atoms with Gasteiger partial charge in [0.2, 0.25) is 0 Å². The zero-order valence-corrected chi connectivity index (χ0v) is 16.3. The van der Waals surface area contributed by atoms with Crippen molar-refractivity contribution in [2.45, 2.75) is 18.5 Å². The van der Waals surface area contributed by atoms with Crippen LogP contribution in [0, 0.1) is 11.6 Å². The lowest BCUT2D eigenvalue weighted by Gasteiger charge is -2.37. The van der Waals surface area contributed by atoms with Crippen LogP contribution in [0.5, 0.6) is 0 Å². The minimum Gasteiger partial charge on any atom is -0.394 e. The van der Waals surface area contributed by atoms with E-state index in [-0.39, 0.29) is 37.0 Å². The molecule has 2 aliphatic heterocycles. The molecule has 0 bridgehead atoms. The van der Waals surface area contributed by atoms with Crippen molar-refractivity contribution in [1.29, 1.82) is 0 Å². The molecule has 2 aromatic carbocycles. The number of hydrogen-bond acceptors (Lipinski definition) is 5. The molecular weight excluding hydrogens is 404 g/mol. The highest BCUT2D eigenvalue weighted by Crippen LogP contribution is 2.50. The van der Waals surface area contributed by atoms with Crippen molar-refractivity contribution in [3.8, 4) is 0 Å². The Kier molecular flexibility index (Phi) is 4.74. The summed E-state index contributed by atoms with van der Waals surface area (Å²) >= 11 is 0. The molecule has 31 heavy (non-hydrogen) atoms. The van der Waals surface area contributed by atoms with Crippen LogP contribution in [-0.2, 0) is 6.54 Å². The maximum atomic E-state index is 14.4. The number of nitrogens with zero attached hydrogens (tertiary/aromatic N) is 3. The van der Waals surface area contributed by atoms with Crippen molar-refractivity contribution in [2.75, 3.05) is 18.5 Å². The Morgan fingerprint density at radius 2 is 1.97 bits per heavy atom. The Hall–Kier alpha value is -3.59. The Balaban J connectivity index is 1.76. The molecule has 3 aromatic rings. The van der Waals surface area contributed by atoms with Gasteiger partial charge in [0.1, 0.15) is 23.8 Å². The normalized spacial score (nSPS) is 19.7. The van der Waals surface area contributed by atoms with E-state index in [0.717, 1.165) is 11.1 Å². The van der Waals surface area contributed by atoms with Crippen molar-refractivity contribution in [3.63, 3.8) is 0 Å². The van der Waals surface area contributed by atoms with Crippen LogP contribution in [0.4, 0.5) is 14.5 Å². The summed E-state index contributed by atoms with van der Waals surface area (Å²) in [5.41, 5.74) is 2.90. The maximum Gasteiger partial charge on any atom is 0.252 e. The molecule has 0 fully saturated rings. The van der Waals surface area contributed by atoms with Gasteiger partial charge in [-0.15, -0.1) is 0 Å². The Bertz CT molecular complexity index is 1190. The molecule has 0 saturated heterocycles. The fourth-order valence-corrected chi connectivity index (χ4v) is 4.39. The van der Waals surface area contributed by atoms with E-state index in [9.17, 15) is 18.7 Å². The van der Waals surface area contributed by atoms with E-state index in [1.165, 1.54) is 30.6 Å². The molecule has 0 spiro atoms. The van der Waals surface area contributed by atoms with Gasteiger partial charge in [-0.2, -0.15) is 5.10 Å². The maximum absolute atomic E-state index is 14.4. The van der Waals surface area contributed by atoms with Crippen LogP contribution in [0.15, 0.2) is 48.8 Å². The van der Waals surface area contributed by atoms with Crippen molar-refractivity contribution >= 4 is 17.2 Å². The molecule has 5 rings (SSSR count). The number of halogens is 2. The molecule has 1 amide bonds. The Morgan fingerprint density at radius 3 is 2.74 bits per heavy atom. The Morgan fingerprint density at radius 1 is 1.16 bits per heavy atom. The lowest BCUT2D eigenvalue weighted by Crippen LogP contribution is -2.30. The van der Waals surface area contributed by atoms with E-state index in [1.54, 1.807) is 16.8 Å². The number of hydrogen-bond donors (Lipinski definition) is 3. The summed E-state index contributed by atoms with van der Waals surface area (Å²) in [5.74, 6) is -1.09. The van der Waals surface area contributed by atoms with E-state index in [2.05, 4.69) is 20.7 Å². The monoisotopic (exact) mass is 423 g/mol. The Labute approximate surface area is 176 Å². The average molecular weight is 423 g/mol. The topological polar surface area (TPSA) is 92.1 Å². The number of rotatable bonds is 4. The summed E-state index contributed by atoms with van der Waals surface area (Å²) in [5, 5.41) is 19.8. The van der Waals surface area contributed by atoms with Gasteiger partial charge >= 0.3 is 0 Å². The van der Waals surface area contributed by atoms with Crippen LogP contribution in [0.2, 0.25) is 0 Å². The van der Waals surface area contributed by atoms with Crippen molar-refractivity contribution < 1.29 is 18.7 Å². The molecule has 2 unspecified atom stereocenters. The van der Waals surface area contributed by atoms with Crippen LogP contribution in [0.3, 0.4) is 0 Å². The molecule has 0 radical (unpaired) electrons. The van der Waals surface area contributed by atoms with Crippen LogP contribution < -0.4 is 10.6 Å². The summed E-state index contributed by atoms with van der Waals surface area (Å²) < 4.78 is 29.6.